The topological polar surface area (TPSA) is 59.8 Å². The maximum atomic E-state index is 11.8. The molecule has 118 valence electrons. The molecule has 0 fully saturated rings. The molecule has 0 bridgehead atoms. The van der Waals surface area contributed by atoms with Crippen molar-refractivity contribution in [3.05, 3.63) is 42.2 Å². The molecule has 0 saturated heterocycles. The summed E-state index contributed by atoms with van der Waals surface area (Å²) in [6.45, 7) is 4.83. The standard InChI is InChI=1S/C16H22N4OS/c1-13(2)20-12-18-19-16(20)22-11-15(21)17-10-6-9-14-7-4-3-5-8-14/h3-5,7-8,12-13H,6,9-11H2,1-2H3,(H,17,21). The fourth-order valence-corrected chi connectivity index (χ4v) is 2.91. The van der Waals surface area contributed by atoms with Gasteiger partial charge in [0.15, 0.2) is 5.16 Å². The molecule has 1 heterocycles. The van der Waals surface area contributed by atoms with Crippen LogP contribution in [0.25, 0.3) is 0 Å². The first kappa shape index (κ1) is 16.5. The minimum atomic E-state index is 0.0383. The van der Waals surface area contributed by atoms with Crippen LogP contribution < -0.4 is 5.32 Å². The number of thioether (sulfide) groups is 1. The maximum absolute atomic E-state index is 11.8. The van der Waals surface area contributed by atoms with E-state index in [1.807, 2.05) is 22.8 Å². The Bertz CT molecular complexity index is 583. The molecule has 1 amide bonds. The summed E-state index contributed by atoms with van der Waals surface area (Å²) in [5, 5.41) is 11.7. The first-order valence-corrected chi connectivity index (χ1v) is 8.48. The van der Waals surface area contributed by atoms with Crippen LogP contribution in [0.2, 0.25) is 0 Å². The van der Waals surface area contributed by atoms with Crippen LogP contribution in [-0.2, 0) is 11.2 Å². The van der Waals surface area contributed by atoms with Gasteiger partial charge >= 0.3 is 0 Å². The van der Waals surface area contributed by atoms with E-state index < -0.39 is 0 Å². The quantitative estimate of drug-likeness (QED) is 0.600. The first-order valence-electron chi connectivity index (χ1n) is 7.49. The highest BCUT2D eigenvalue weighted by molar-refractivity contribution is 7.99. The van der Waals surface area contributed by atoms with Gasteiger partial charge in [-0.2, -0.15) is 0 Å². The van der Waals surface area contributed by atoms with Crippen molar-refractivity contribution in [1.82, 2.24) is 20.1 Å². The van der Waals surface area contributed by atoms with Gasteiger partial charge < -0.3 is 9.88 Å². The Morgan fingerprint density at radius 2 is 2.09 bits per heavy atom. The van der Waals surface area contributed by atoms with Crippen LogP contribution >= 0.6 is 11.8 Å². The van der Waals surface area contributed by atoms with Gasteiger partial charge in [0.2, 0.25) is 5.91 Å². The number of carbonyl (C=O) groups excluding carboxylic acids is 1. The fraction of sp³-hybridized carbons (Fsp3) is 0.438. The molecule has 1 N–H and O–H groups in total. The van der Waals surface area contributed by atoms with Gasteiger partial charge in [0, 0.05) is 12.6 Å². The van der Waals surface area contributed by atoms with E-state index in [1.54, 1.807) is 6.33 Å². The normalized spacial score (nSPS) is 10.9. The third-order valence-electron chi connectivity index (χ3n) is 3.24. The molecule has 1 aromatic heterocycles. The Balaban J connectivity index is 1.65. The van der Waals surface area contributed by atoms with Crippen molar-refractivity contribution < 1.29 is 4.79 Å². The van der Waals surface area contributed by atoms with Crippen LogP contribution in [0.5, 0.6) is 0 Å². The van der Waals surface area contributed by atoms with Crippen LogP contribution in [-0.4, -0.2) is 33.0 Å². The minimum Gasteiger partial charge on any atom is -0.355 e. The van der Waals surface area contributed by atoms with Crippen LogP contribution in [0, 0.1) is 0 Å². The van der Waals surface area contributed by atoms with Gasteiger partial charge in [0.25, 0.3) is 0 Å². The van der Waals surface area contributed by atoms with Gasteiger partial charge in [0.1, 0.15) is 6.33 Å². The van der Waals surface area contributed by atoms with Crippen molar-refractivity contribution in [3.8, 4) is 0 Å². The lowest BCUT2D eigenvalue weighted by Crippen LogP contribution is -2.26. The molecule has 2 aromatic rings. The SMILES string of the molecule is CC(C)n1cnnc1SCC(=O)NCCCc1ccccc1. The molecule has 5 nitrogen and oxygen atoms in total. The molecule has 0 aliphatic heterocycles. The second-order valence-electron chi connectivity index (χ2n) is 5.34. The van der Waals surface area contributed by atoms with E-state index in [9.17, 15) is 4.79 Å². The van der Waals surface area contributed by atoms with Crippen molar-refractivity contribution in [2.75, 3.05) is 12.3 Å². The second kappa shape index (κ2) is 8.58. The molecule has 22 heavy (non-hydrogen) atoms. The Morgan fingerprint density at radius 1 is 1.32 bits per heavy atom. The van der Waals surface area contributed by atoms with E-state index in [1.165, 1.54) is 17.3 Å². The molecule has 0 aliphatic carbocycles. The first-order chi connectivity index (χ1) is 10.7. The summed E-state index contributed by atoms with van der Waals surface area (Å²) in [5.74, 6) is 0.410. The van der Waals surface area contributed by atoms with Gasteiger partial charge in [-0.25, -0.2) is 0 Å². The third-order valence-corrected chi connectivity index (χ3v) is 4.19. The zero-order valence-electron chi connectivity index (χ0n) is 13.0. The van der Waals surface area contributed by atoms with E-state index in [0.717, 1.165) is 18.0 Å². The van der Waals surface area contributed by atoms with E-state index in [-0.39, 0.29) is 5.91 Å². The number of hydrogen-bond acceptors (Lipinski definition) is 4. The number of aromatic nitrogens is 3. The highest BCUT2D eigenvalue weighted by atomic mass is 32.2. The fourth-order valence-electron chi connectivity index (χ4n) is 2.04. The molecule has 0 unspecified atom stereocenters. The number of aryl methyl sites for hydroxylation is 1. The zero-order valence-corrected chi connectivity index (χ0v) is 13.8. The average molecular weight is 318 g/mol. The van der Waals surface area contributed by atoms with E-state index >= 15 is 0 Å². The molecule has 0 aliphatic rings. The molecule has 0 radical (unpaired) electrons. The summed E-state index contributed by atoms with van der Waals surface area (Å²) in [6, 6.07) is 10.6. The summed E-state index contributed by atoms with van der Waals surface area (Å²) in [4.78, 5) is 11.8. The predicted molar refractivity (Wildman–Crippen MR) is 88.9 cm³/mol. The minimum absolute atomic E-state index is 0.0383. The van der Waals surface area contributed by atoms with Crippen LogP contribution in [0.1, 0.15) is 31.9 Å². The Hall–Kier alpha value is -1.82. The van der Waals surface area contributed by atoms with Crippen molar-refractivity contribution in [2.45, 2.75) is 37.9 Å². The summed E-state index contributed by atoms with van der Waals surface area (Å²) in [5.41, 5.74) is 1.30. The van der Waals surface area contributed by atoms with Crippen LogP contribution in [0.3, 0.4) is 0 Å². The number of rotatable bonds is 8. The summed E-state index contributed by atoms with van der Waals surface area (Å²) in [6.07, 6.45) is 3.63. The highest BCUT2D eigenvalue weighted by Crippen LogP contribution is 2.18. The lowest BCUT2D eigenvalue weighted by molar-refractivity contribution is -0.118. The molecule has 2 rings (SSSR count). The molecular formula is C16H22N4OS. The van der Waals surface area contributed by atoms with Crippen molar-refractivity contribution in [2.24, 2.45) is 0 Å². The van der Waals surface area contributed by atoms with Crippen LogP contribution in [0.4, 0.5) is 0 Å². The van der Waals surface area contributed by atoms with Gasteiger partial charge in [-0.05, 0) is 32.3 Å². The number of amides is 1. The predicted octanol–water partition coefficient (Wildman–Crippen LogP) is 2.70. The molecular weight excluding hydrogens is 296 g/mol. The third kappa shape index (κ3) is 5.18. The van der Waals surface area contributed by atoms with E-state index in [0.29, 0.717) is 18.3 Å². The number of hydrogen-bond donors (Lipinski definition) is 1. The average Bonchev–Trinajstić information content (AvgIpc) is 2.99. The van der Waals surface area contributed by atoms with Gasteiger partial charge in [0.05, 0.1) is 5.75 Å². The van der Waals surface area contributed by atoms with Gasteiger partial charge in [-0.3, -0.25) is 4.79 Å². The van der Waals surface area contributed by atoms with Crippen molar-refractivity contribution in [3.63, 3.8) is 0 Å². The molecule has 6 heteroatoms. The Kier molecular flexibility index (Phi) is 6.45. The molecule has 0 spiro atoms. The molecule has 0 saturated carbocycles. The van der Waals surface area contributed by atoms with Crippen molar-refractivity contribution in [1.29, 1.82) is 0 Å². The number of nitrogens with one attached hydrogen (secondary N) is 1. The lowest BCUT2D eigenvalue weighted by Gasteiger charge is -2.09. The Labute approximate surface area is 135 Å². The molecule has 1 aromatic carbocycles. The van der Waals surface area contributed by atoms with E-state index in [4.69, 9.17) is 0 Å². The van der Waals surface area contributed by atoms with E-state index in [2.05, 4.69) is 41.5 Å². The summed E-state index contributed by atoms with van der Waals surface area (Å²) < 4.78 is 1.97. The molecule has 0 atom stereocenters. The largest absolute Gasteiger partial charge is 0.355 e. The number of carbonyl (C=O) groups is 1. The zero-order chi connectivity index (χ0) is 15.8. The van der Waals surface area contributed by atoms with Crippen LogP contribution in [0.15, 0.2) is 41.8 Å². The van der Waals surface area contributed by atoms with Crippen molar-refractivity contribution >= 4 is 17.7 Å². The number of nitrogens with zero attached hydrogens (tertiary/aromatic N) is 3. The lowest BCUT2D eigenvalue weighted by atomic mass is 10.1. The monoisotopic (exact) mass is 318 g/mol. The summed E-state index contributed by atoms with van der Waals surface area (Å²) in [7, 11) is 0. The Morgan fingerprint density at radius 3 is 2.82 bits per heavy atom. The summed E-state index contributed by atoms with van der Waals surface area (Å²) >= 11 is 1.42. The van der Waals surface area contributed by atoms with Gasteiger partial charge in [-0.1, -0.05) is 42.1 Å². The number of benzene rings is 1. The maximum Gasteiger partial charge on any atom is 0.230 e. The second-order valence-corrected chi connectivity index (χ2v) is 6.28. The highest BCUT2D eigenvalue weighted by Gasteiger charge is 2.10. The van der Waals surface area contributed by atoms with Gasteiger partial charge in [-0.15, -0.1) is 10.2 Å². The smallest absolute Gasteiger partial charge is 0.230 e.